The number of amides is 3. The molecule has 1 atom stereocenters. The predicted octanol–water partition coefficient (Wildman–Crippen LogP) is 3.14. The van der Waals surface area contributed by atoms with Crippen molar-refractivity contribution in [1.29, 1.82) is 0 Å². The Morgan fingerprint density at radius 2 is 1.85 bits per heavy atom. The number of aromatic nitrogens is 1. The minimum absolute atomic E-state index is 0.0324. The first-order valence-electron chi connectivity index (χ1n) is 14.0. The van der Waals surface area contributed by atoms with Gasteiger partial charge < -0.3 is 31.0 Å². The molecule has 0 radical (unpaired) electrons. The van der Waals surface area contributed by atoms with Crippen molar-refractivity contribution in [1.82, 2.24) is 20.1 Å². The number of carbonyl (C=O) groups excluding carboxylic acids is 3. The van der Waals surface area contributed by atoms with Gasteiger partial charge in [0.05, 0.1) is 29.9 Å². The predicted molar refractivity (Wildman–Crippen MR) is 161 cm³/mol. The molecule has 0 spiro atoms. The number of fused-ring (bicyclic) bond motifs is 1. The Morgan fingerprint density at radius 3 is 2.49 bits per heavy atom. The molecule has 3 aromatic rings. The van der Waals surface area contributed by atoms with Crippen LogP contribution in [0.3, 0.4) is 0 Å². The summed E-state index contributed by atoms with van der Waals surface area (Å²) in [5, 5.41) is 10.3. The number of hydrogen-bond acceptors (Lipinski definition) is 6. The maximum absolute atomic E-state index is 13.6. The summed E-state index contributed by atoms with van der Waals surface area (Å²) < 4.78 is 7.37. The second kappa shape index (κ2) is 12.3. The number of likely N-dealkylation sites (tertiary alicyclic amines) is 1. The lowest BCUT2D eigenvalue weighted by Crippen LogP contribution is -2.43. The fraction of sp³-hybridized carbons (Fsp3) is 0.452. The van der Waals surface area contributed by atoms with Crippen LogP contribution in [0, 0.1) is 0 Å². The Hall–Kier alpha value is -3.89. The van der Waals surface area contributed by atoms with Gasteiger partial charge in [0.2, 0.25) is 5.91 Å². The van der Waals surface area contributed by atoms with Gasteiger partial charge in [-0.2, -0.15) is 0 Å². The van der Waals surface area contributed by atoms with Crippen LogP contribution in [0.2, 0.25) is 0 Å². The average molecular weight is 563 g/mol. The van der Waals surface area contributed by atoms with Crippen molar-refractivity contribution in [3.8, 4) is 5.75 Å². The van der Waals surface area contributed by atoms with Gasteiger partial charge in [-0.25, -0.2) is 0 Å². The largest absolute Gasteiger partial charge is 0.494 e. The number of carbonyl (C=O) groups is 3. The van der Waals surface area contributed by atoms with E-state index in [0.717, 1.165) is 41.4 Å². The maximum Gasteiger partial charge on any atom is 0.272 e. The number of hydrogen-bond donors (Lipinski definition) is 4. The number of likely N-dealkylation sites (N-methyl/N-ethyl adjacent to an activating group) is 1. The van der Waals surface area contributed by atoms with Crippen LogP contribution < -0.4 is 26.4 Å². The summed E-state index contributed by atoms with van der Waals surface area (Å²) in [5.74, 6) is -0.647. The number of nitrogens with two attached hydrogens (primary N) is 1. The van der Waals surface area contributed by atoms with Crippen LogP contribution in [0.15, 0.2) is 36.4 Å². The van der Waals surface area contributed by atoms with Crippen molar-refractivity contribution in [2.24, 2.45) is 12.8 Å². The summed E-state index contributed by atoms with van der Waals surface area (Å²) in [4.78, 5) is 40.3. The minimum Gasteiger partial charge on any atom is -0.494 e. The molecule has 1 aliphatic rings. The highest BCUT2D eigenvalue weighted by Gasteiger charge is 2.27. The van der Waals surface area contributed by atoms with E-state index in [0.29, 0.717) is 31.0 Å². The van der Waals surface area contributed by atoms with E-state index in [1.54, 1.807) is 6.07 Å². The van der Waals surface area contributed by atoms with E-state index in [4.69, 9.17) is 10.5 Å². The molecule has 1 saturated heterocycles. The van der Waals surface area contributed by atoms with Crippen molar-refractivity contribution in [3.63, 3.8) is 0 Å². The third-order valence-corrected chi connectivity index (χ3v) is 7.78. The molecule has 4 rings (SSSR count). The zero-order valence-corrected chi connectivity index (χ0v) is 24.9. The van der Waals surface area contributed by atoms with Gasteiger partial charge in [0.15, 0.2) is 5.75 Å². The lowest BCUT2D eigenvalue weighted by molar-refractivity contribution is -0.125. The minimum atomic E-state index is -0.629. The molecule has 10 heteroatoms. The number of aryl methyl sites for hydroxylation is 1. The van der Waals surface area contributed by atoms with E-state index in [1.165, 1.54) is 7.11 Å². The SMILES string of the molecule is COc1c(NC(=O)c2cc3cccc(CNCCNC(=O)[C@@H]4CCCN4C)c3n2C)cc(C(C)(C)C)cc1C(N)=O. The molecule has 10 nitrogen and oxygen atoms in total. The van der Waals surface area contributed by atoms with Crippen LogP contribution in [0.4, 0.5) is 5.69 Å². The molecule has 0 bridgehead atoms. The maximum atomic E-state index is 13.6. The summed E-state index contributed by atoms with van der Waals surface area (Å²) in [6.45, 7) is 8.78. The molecule has 0 aliphatic carbocycles. The van der Waals surface area contributed by atoms with E-state index in [9.17, 15) is 14.4 Å². The number of methoxy groups -OCH3 is 1. The normalized spacial score (nSPS) is 15.7. The highest BCUT2D eigenvalue weighted by Crippen LogP contribution is 2.36. The van der Waals surface area contributed by atoms with E-state index in [2.05, 4.69) is 20.9 Å². The molecule has 1 aromatic heterocycles. The van der Waals surface area contributed by atoms with Crippen LogP contribution in [-0.2, 0) is 23.8 Å². The lowest BCUT2D eigenvalue weighted by Gasteiger charge is -2.23. The third kappa shape index (κ3) is 6.55. The van der Waals surface area contributed by atoms with Gasteiger partial charge in [-0.05, 0) is 61.2 Å². The van der Waals surface area contributed by atoms with Crippen LogP contribution in [0.1, 0.15) is 65.6 Å². The van der Waals surface area contributed by atoms with Crippen LogP contribution >= 0.6 is 0 Å². The van der Waals surface area contributed by atoms with Crippen LogP contribution in [-0.4, -0.2) is 67.0 Å². The Morgan fingerprint density at radius 1 is 1.10 bits per heavy atom. The van der Waals surface area contributed by atoms with Gasteiger partial charge in [0.1, 0.15) is 5.69 Å². The lowest BCUT2D eigenvalue weighted by atomic mass is 9.85. The summed E-state index contributed by atoms with van der Waals surface area (Å²) in [5.41, 5.74) is 9.25. The Balaban J connectivity index is 1.49. The first-order chi connectivity index (χ1) is 19.4. The standard InChI is InChI=1S/C31H42N6O4/c1-31(2,3)21-16-22(28(32)38)27(41-6)23(17-21)35-30(40)25-15-19-9-7-10-20(26(19)37(25)5)18-33-12-13-34-29(39)24-11-8-14-36(24)4/h7,9-10,15-17,24,33H,8,11-14,18H2,1-6H3,(H2,32,38)(H,34,39)(H,35,40)/t24-/m0/s1. The number of nitrogens with one attached hydrogen (secondary N) is 3. The summed E-state index contributed by atoms with van der Waals surface area (Å²) >= 11 is 0. The van der Waals surface area contributed by atoms with Crippen LogP contribution in [0.5, 0.6) is 5.75 Å². The Labute approximate surface area is 241 Å². The Kier molecular flexibility index (Phi) is 9.04. The molecule has 2 heterocycles. The van der Waals surface area contributed by atoms with Gasteiger partial charge in [0.25, 0.3) is 11.8 Å². The molecule has 2 aromatic carbocycles. The highest BCUT2D eigenvalue weighted by atomic mass is 16.5. The fourth-order valence-electron chi connectivity index (χ4n) is 5.46. The topological polar surface area (TPSA) is 131 Å². The third-order valence-electron chi connectivity index (χ3n) is 7.78. The summed E-state index contributed by atoms with van der Waals surface area (Å²) in [6, 6.07) is 11.3. The van der Waals surface area contributed by atoms with Gasteiger partial charge in [-0.15, -0.1) is 0 Å². The summed E-state index contributed by atoms with van der Waals surface area (Å²) in [6.07, 6.45) is 1.96. The van der Waals surface area contributed by atoms with Crippen molar-refractivity contribution in [2.75, 3.05) is 39.1 Å². The number of nitrogens with zero attached hydrogens (tertiary/aromatic N) is 2. The second-order valence-electron chi connectivity index (χ2n) is 11.7. The van der Waals surface area contributed by atoms with Crippen molar-refractivity contribution in [3.05, 3.63) is 58.8 Å². The van der Waals surface area contributed by atoms with E-state index < -0.39 is 5.91 Å². The summed E-state index contributed by atoms with van der Waals surface area (Å²) in [7, 11) is 5.29. The highest BCUT2D eigenvalue weighted by molar-refractivity contribution is 6.08. The van der Waals surface area contributed by atoms with Crippen LogP contribution in [0.25, 0.3) is 10.9 Å². The number of primary amides is 1. The number of anilines is 1. The monoisotopic (exact) mass is 562 g/mol. The molecule has 41 heavy (non-hydrogen) atoms. The average Bonchev–Trinajstić information content (AvgIpc) is 3.50. The fourth-order valence-corrected chi connectivity index (χ4v) is 5.46. The zero-order chi connectivity index (χ0) is 29.9. The number of benzene rings is 2. The quantitative estimate of drug-likeness (QED) is 0.281. The number of ether oxygens (including phenoxy) is 1. The number of para-hydroxylation sites is 1. The molecule has 5 N–H and O–H groups in total. The zero-order valence-electron chi connectivity index (χ0n) is 24.9. The molecular formula is C31H42N6O4. The smallest absolute Gasteiger partial charge is 0.272 e. The van der Waals surface area contributed by atoms with Crippen molar-refractivity contribution in [2.45, 2.75) is 51.6 Å². The molecule has 3 amide bonds. The van der Waals surface area contributed by atoms with Gasteiger partial charge in [-0.1, -0.05) is 39.0 Å². The molecule has 0 unspecified atom stereocenters. The molecule has 0 saturated carbocycles. The van der Waals surface area contributed by atoms with E-state index in [-0.39, 0.29) is 34.6 Å². The Bertz CT molecular complexity index is 1460. The molecular weight excluding hydrogens is 520 g/mol. The van der Waals surface area contributed by atoms with Gasteiger partial charge in [0, 0.05) is 32.1 Å². The second-order valence-corrected chi connectivity index (χ2v) is 11.7. The first-order valence-corrected chi connectivity index (χ1v) is 14.0. The van der Waals surface area contributed by atoms with Crippen molar-refractivity contribution < 1.29 is 19.1 Å². The molecule has 1 aliphatic heterocycles. The van der Waals surface area contributed by atoms with Gasteiger partial charge >= 0.3 is 0 Å². The van der Waals surface area contributed by atoms with Crippen molar-refractivity contribution >= 4 is 34.3 Å². The molecule has 1 fully saturated rings. The van der Waals surface area contributed by atoms with E-state index >= 15 is 0 Å². The first kappa shape index (κ1) is 30.1. The van der Waals surface area contributed by atoms with E-state index in [1.807, 2.05) is 69.8 Å². The number of rotatable bonds is 10. The van der Waals surface area contributed by atoms with Gasteiger partial charge in [-0.3, -0.25) is 19.3 Å². The molecule has 220 valence electrons.